The van der Waals surface area contributed by atoms with E-state index in [1.165, 1.54) is 0 Å². The Kier molecular flexibility index (Phi) is 1.14. The fourth-order valence-corrected chi connectivity index (χ4v) is 2.45. The average Bonchev–Trinajstić information content (AvgIpc) is 2.29. The van der Waals surface area contributed by atoms with Gasteiger partial charge < -0.3 is 0 Å². The Morgan fingerprint density at radius 1 is 1.36 bits per heavy atom. The van der Waals surface area contributed by atoms with Crippen molar-refractivity contribution in [3.8, 4) is 0 Å². The Hall–Kier alpha value is -0.590. The van der Waals surface area contributed by atoms with Crippen molar-refractivity contribution in [3.63, 3.8) is 0 Å². The molecule has 0 aliphatic heterocycles. The molecule has 3 atom stereocenters. The number of carbonyl (C=O) groups is 1. The van der Waals surface area contributed by atoms with Gasteiger partial charge in [-0.2, -0.15) is 0 Å². The second-order valence-corrected chi connectivity index (χ2v) is 4.38. The van der Waals surface area contributed by atoms with E-state index in [4.69, 9.17) is 0 Å². The molecule has 0 amide bonds. The van der Waals surface area contributed by atoms with Crippen LogP contribution in [0.1, 0.15) is 20.8 Å². The van der Waals surface area contributed by atoms with Gasteiger partial charge in [-0.05, 0) is 11.8 Å². The highest BCUT2D eigenvalue weighted by atomic mass is 16.1. The molecule has 0 bridgehead atoms. The summed E-state index contributed by atoms with van der Waals surface area (Å²) in [4.78, 5) is 11.5. The monoisotopic (exact) mass is 150 g/mol. The number of carbonyl (C=O) groups excluding carboxylic acids is 1. The van der Waals surface area contributed by atoms with E-state index in [1.54, 1.807) is 0 Å². The van der Waals surface area contributed by atoms with Crippen molar-refractivity contribution in [2.75, 3.05) is 0 Å². The number of ketones is 1. The van der Waals surface area contributed by atoms with Crippen LogP contribution < -0.4 is 0 Å². The third kappa shape index (κ3) is 0.640. The van der Waals surface area contributed by atoms with E-state index >= 15 is 0 Å². The van der Waals surface area contributed by atoms with Crippen LogP contribution in [-0.2, 0) is 4.79 Å². The summed E-state index contributed by atoms with van der Waals surface area (Å²) in [6, 6.07) is 0. The summed E-state index contributed by atoms with van der Waals surface area (Å²) < 4.78 is 0. The van der Waals surface area contributed by atoms with Crippen LogP contribution in [-0.4, -0.2) is 5.78 Å². The van der Waals surface area contributed by atoms with Crippen LogP contribution >= 0.6 is 0 Å². The fourth-order valence-electron chi connectivity index (χ4n) is 2.45. The second kappa shape index (κ2) is 1.77. The standard InChI is InChI=1S/C10H14O/c1-6-4-5-7-8(6)9(11)10(7,2)3/h4-8H,1-3H3. The van der Waals surface area contributed by atoms with Crippen molar-refractivity contribution in [2.45, 2.75) is 20.8 Å². The van der Waals surface area contributed by atoms with Crippen molar-refractivity contribution in [1.29, 1.82) is 0 Å². The molecule has 1 heteroatoms. The molecule has 3 unspecified atom stereocenters. The van der Waals surface area contributed by atoms with Crippen LogP contribution in [0.4, 0.5) is 0 Å². The summed E-state index contributed by atoms with van der Waals surface area (Å²) in [5.41, 5.74) is -0.0636. The largest absolute Gasteiger partial charge is 0.299 e. The van der Waals surface area contributed by atoms with Gasteiger partial charge in [-0.3, -0.25) is 4.79 Å². The van der Waals surface area contributed by atoms with Gasteiger partial charge in [0.15, 0.2) is 0 Å². The first kappa shape index (κ1) is 7.08. The van der Waals surface area contributed by atoms with Crippen molar-refractivity contribution in [3.05, 3.63) is 12.2 Å². The highest BCUT2D eigenvalue weighted by Crippen LogP contribution is 2.54. The van der Waals surface area contributed by atoms with Crippen molar-refractivity contribution < 1.29 is 4.79 Å². The van der Waals surface area contributed by atoms with E-state index in [1.807, 2.05) is 0 Å². The Labute approximate surface area is 67.5 Å². The summed E-state index contributed by atoms with van der Waals surface area (Å²) in [6.07, 6.45) is 4.40. The number of hydrogen-bond acceptors (Lipinski definition) is 1. The number of rotatable bonds is 0. The van der Waals surface area contributed by atoms with Gasteiger partial charge in [0.2, 0.25) is 0 Å². The first-order valence-electron chi connectivity index (χ1n) is 4.28. The maximum atomic E-state index is 11.5. The second-order valence-electron chi connectivity index (χ2n) is 4.38. The SMILES string of the molecule is CC1C=CC2C1C(=O)C2(C)C. The predicted octanol–water partition coefficient (Wildman–Crippen LogP) is 2.03. The minimum Gasteiger partial charge on any atom is -0.299 e. The summed E-state index contributed by atoms with van der Waals surface area (Å²) in [7, 11) is 0. The zero-order valence-corrected chi connectivity index (χ0v) is 7.29. The molecule has 11 heavy (non-hydrogen) atoms. The minimum atomic E-state index is -0.0636. The van der Waals surface area contributed by atoms with E-state index in [9.17, 15) is 4.79 Å². The number of Topliss-reactive ketones (excluding diaryl/α,β-unsaturated/α-hetero) is 1. The third-order valence-corrected chi connectivity index (χ3v) is 3.35. The molecule has 0 aromatic carbocycles. The van der Waals surface area contributed by atoms with Crippen molar-refractivity contribution >= 4 is 5.78 Å². The van der Waals surface area contributed by atoms with Crippen LogP contribution in [0.25, 0.3) is 0 Å². The van der Waals surface area contributed by atoms with Crippen LogP contribution in [0.5, 0.6) is 0 Å². The topological polar surface area (TPSA) is 17.1 Å². The van der Waals surface area contributed by atoms with E-state index in [2.05, 4.69) is 32.9 Å². The first-order valence-corrected chi connectivity index (χ1v) is 4.28. The molecule has 2 aliphatic carbocycles. The lowest BCUT2D eigenvalue weighted by Crippen LogP contribution is -2.53. The normalized spacial score (nSPS) is 45.4. The molecule has 0 heterocycles. The summed E-state index contributed by atoms with van der Waals surface area (Å²) in [5.74, 6) is 1.80. The maximum absolute atomic E-state index is 11.5. The van der Waals surface area contributed by atoms with Gasteiger partial charge in [-0.25, -0.2) is 0 Å². The number of hydrogen-bond donors (Lipinski definition) is 0. The molecule has 0 aromatic heterocycles. The highest BCUT2D eigenvalue weighted by Gasteiger charge is 2.57. The Morgan fingerprint density at radius 2 is 2.00 bits per heavy atom. The summed E-state index contributed by atoms with van der Waals surface area (Å²) >= 11 is 0. The van der Waals surface area contributed by atoms with E-state index in [0.717, 1.165) is 0 Å². The van der Waals surface area contributed by atoms with Gasteiger partial charge in [0.1, 0.15) is 5.78 Å². The molecule has 1 saturated carbocycles. The average molecular weight is 150 g/mol. The molecular formula is C10H14O. The van der Waals surface area contributed by atoms with Gasteiger partial charge in [0.25, 0.3) is 0 Å². The van der Waals surface area contributed by atoms with E-state index in [0.29, 0.717) is 23.5 Å². The van der Waals surface area contributed by atoms with Crippen LogP contribution in [0.15, 0.2) is 12.2 Å². The molecule has 0 N–H and O–H groups in total. The molecule has 1 nitrogen and oxygen atoms in total. The molecule has 0 aromatic rings. The van der Waals surface area contributed by atoms with Crippen molar-refractivity contribution in [2.24, 2.45) is 23.2 Å². The molecule has 2 aliphatic rings. The molecule has 1 fully saturated rings. The lowest BCUT2D eigenvalue weighted by molar-refractivity contribution is -0.150. The van der Waals surface area contributed by atoms with Gasteiger partial charge in [-0.1, -0.05) is 32.9 Å². The Balaban J connectivity index is 2.29. The first-order chi connectivity index (χ1) is 5.05. The summed E-state index contributed by atoms with van der Waals surface area (Å²) in [5, 5.41) is 0. The highest BCUT2D eigenvalue weighted by molar-refractivity contribution is 5.95. The molecule has 60 valence electrons. The molecule has 0 saturated heterocycles. The Morgan fingerprint density at radius 3 is 2.55 bits per heavy atom. The van der Waals surface area contributed by atoms with Gasteiger partial charge in [-0.15, -0.1) is 0 Å². The molecule has 2 rings (SSSR count). The lowest BCUT2D eigenvalue weighted by atomic mass is 9.54. The zero-order valence-electron chi connectivity index (χ0n) is 7.29. The van der Waals surface area contributed by atoms with Crippen molar-refractivity contribution in [1.82, 2.24) is 0 Å². The van der Waals surface area contributed by atoms with E-state index in [-0.39, 0.29) is 5.41 Å². The fraction of sp³-hybridized carbons (Fsp3) is 0.700. The molecular weight excluding hydrogens is 136 g/mol. The quantitative estimate of drug-likeness (QED) is 0.483. The maximum Gasteiger partial charge on any atom is 0.143 e. The lowest BCUT2D eigenvalue weighted by Gasteiger charge is -2.47. The third-order valence-electron chi connectivity index (χ3n) is 3.35. The number of allylic oxidation sites excluding steroid dienone is 2. The minimum absolute atomic E-state index is 0.0636. The molecule has 0 spiro atoms. The van der Waals surface area contributed by atoms with Crippen LogP contribution in [0.3, 0.4) is 0 Å². The van der Waals surface area contributed by atoms with Crippen LogP contribution in [0, 0.1) is 23.2 Å². The van der Waals surface area contributed by atoms with E-state index < -0.39 is 0 Å². The summed E-state index contributed by atoms with van der Waals surface area (Å²) in [6.45, 7) is 6.24. The zero-order chi connectivity index (χ0) is 8.22. The predicted molar refractivity (Wildman–Crippen MR) is 44.1 cm³/mol. The van der Waals surface area contributed by atoms with Gasteiger partial charge >= 0.3 is 0 Å². The Bertz CT molecular complexity index is 237. The number of fused-ring (bicyclic) bond motifs is 1. The van der Waals surface area contributed by atoms with Gasteiger partial charge in [0, 0.05) is 11.3 Å². The molecule has 0 radical (unpaired) electrons. The smallest absolute Gasteiger partial charge is 0.143 e. The van der Waals surface area contributed by atoms with Crippen LogP contribution in [0.2, 0.25) is 0 Å². The van der Waals surface area contributed by atoms with Gasteiger partial charge in [0.05, 0.1) is 0 Å².